The van der Waals surface area contributed by atoms with Gasteiger partial charge >= 0.3 is 0 Å². The predicted octanol–water partition coefficient (Wildman–Crippen LogP) is 10.3. The number of para-hydroxylation sites is 1. The average Bonchev–Trinajstić information content (AvgIpc) is 3.20. The molecule has 0 spiro atoms. The summed E-state index contributed by atoms with van der Waals surface area (Å²) in [5, 5.41) is 5.10. The van der Waals surface area contributed by atoms with Crippen LogP contribution >= 0.6 is 0 Å². The normalized spacial score (nSPS) is 12.9. The largest absolute Gasteiger partial charge is 0.309 e. The van der Waals surface area contributed by atoms with Gasteiger partial charge in [0.25, 0.3) is 0 Å². The number of hydrogen-bond acceptors (Lipinski definition) is 0. The highest BCUT2D eigenvalue weighted by molar-refractivity contribution is 6.19. The minimum Gasteiger partial charge on any atom is -0.309 e. The van der Waals surface area contributed by atoms with Gasteiger partial charge in [-0.25, -0.2) is 0 Å². The molecule has 0 bridgehead atoms. The molecule has 0 saturated carbocycles. The molecule has 1 aromatic heterocycles. The maximum atomic E-state index is 2.42. The van der Waals surface area contributed by atoms with Gasteiger partial charge in [0.15, 0.2) is 0 Å². The maximum absolute atomic E-state index is 2.42. The van der Waals surface area contributed by atoms with Crippen molar-refractivity contribution >= 4 is 44.2 Å². The first kappa shape index (κ1) is 22.8. The Morgan fingerprint density at radius 2 is 1.27 bits per heavy atom. The Hall–Kier alpha value is -5.14. The fraction of sp³-hybridized carbons (Fsp3) is 0.0256. The minimum atomic E-state index is 0.934. The van der Waals surface area contributed by atoms with Crippen LogP contribution in [0.2, 0.25) is 0 Å². The second kappa shape index (κ2) is 9.25. The first-order valence-electron chi connectivity index (χ1n) is 13.9. The molecule has 0 fully saturated rings. The summed E-state index contributed by atoms with van der Waals surface area (Å²) in [6.07, 6.45) is 7.63. The molecule has 0 N–H and O–H groups in total. The molecule has 0 saturated heterocycles. The average molecular weight is 510 g/mol. The van der Waals surface area contributed by atoms with Crippen LogP contribution in [-0.2, 0) is 6.42 Å². The van der Waals surface area contributed by atoms with Crippen molar-refractivity contribution in [3.05, 3.63) is 162 Å². The fourth-order valence-electron chi connectivity index (χ4n) is 6.28. The first-order chi connectivity index (χ1) is 19.8. The van der Waals surface area contributed by atoms with E-state index in [0.717, 1.165) is 6.42 Å². The van der Waals surface area contributed by atoms with Gasteiger partial charge in [0, 0.05) is 21.8 Å². The molecule has 1 aliphatic rings. The van der Waals surface area contributed by atoms with Crippen LogP contribution in [0.1, 0.15) is 16.7 Å². The first-order valence-corrected chi connectivity index (χ1v) is 13.9. The predicted molar refractivity (Wildman–Crippen MR) is 171 cm³/mol. The SMILES string of the molecule is C1=Cc2cc(-c3ccc4c(c3)c3ccc5ccccc5c3n4-c3ccccc3)ccc2CC(c2ccccc2)=C1. The number of nitrogens with zero attached hydrogens (tertiary/aromatic N) is 1. The number of aromatic nitrogens is 1. The number of benzene rings is 6. The second-order valence-corrected chi connectivity index (χ2v) is 10.6. The maximum Gasteiger partial charge on any atom is 0.0619 e. The van der Waals surface area contributed by atoms with Crippen molar-refractivity contribution in [2.75, 3.05) is 0 Å². The summed E-state index contributed by atoms with van der Waals surface area (Å²) in [7, 11) is 0. The summed E-state index contributed by atoms with van der Waals surface area (Å²) in [4.78, 5) is 0. The molecule has 0 atom stereocenters. The van der Waals surface area contributed by atoms with Crippen LogP contribution in [0.15, 0.2) is 146 Å². The van der Waals surface area contributed by atoms with E-state index in [1.807, 2.05) is 0 Å². The Morgan fingerprint density at radius 3 is 2.15 bits per heavy atom. The highest BCUT2D eigenvalue weighted by Crippen LogP contribution is 2.39. The van der Waals surface area contributed by atoms with E-state index in [9.17, 15) is 0 Å². The third-order valence-electron chi connectivity index (χ3n) is 8.24. The molecule has 0 aliphatic heterocycles. The van der Waals surface area contributed by atoms with E-state index in [-0.39, 0.29) is 0 Å². The topological polar surface area (TPSA) is 4.93 Å². The smallest absolute Gasteiger partial charge is 0.0619 e. The number of hydrogen-bond donors (Lipinski definition) is 0. The van der Waals surface area contributed by atoms with Crippen LogP contribution in [0.25, 0.3) is 61.0 Å². The van der Waals surface area contributed by atoms with E-state index in [1.165, 1.54) is 71.7 Å². The van der Waals surface area contributed by atoms with Crippen molar-refractivity contribution in [2.24, 2.45) is 0 Å². The second-order valence-electron chi connectivity index (χ2n) is 10.6. The van der Waals surface area contributed by atoms with Gasteiger partial charge in [0.05, 0.1) is 11.0 Å². The molecule has 1 nitrogen and oxygen atoms in total. The van der Waals surface area contributed by atoms with Crippen LogP contribution in [-0.4, -0.2) is 4.57 Å². The van der Waals surface area contributed by atoms with Crippen molar-refractivity contribution in [1.29, 1.82) is 0 Å². The van der Waals surface area contributed by atoms with Gasteiger partial charge in [-0.2, -0.15) is 0 Å². The highest BCUT2D eigenvalue weighted by atomic mass is 15.0. The van der Waals surface area contributed by atoms with Crippen LogP contribution in [0.3, 0.4) is 0 Å². The van der Waals surface area contributed by atoms with Crippen LogP contribution < -0.4 is 0 Å². The van der Waals surface area contributed by atoms with Crippen LogP contribution in [0, 0.1) is 0 Å². The Kier molecular flexibility index (Phi) is 5.28. The lowest BCUT2D eigenvalue weighted by molar-refractivity contribution is 1.19. The monoisotopic (exact) mass is 509 g/mol. The molecule has 1 heteroatoms. The van der Waals surface area contributed by atoms with E-state index in [0.29, 0.717) is 0 Å². The van der Waals surface area contributed by atoms with Gasteiger partial charge < -0.3 is 4.57 Å². The Bertz CT molecular complexity index is 2110. The van der Waals surface area contributed by atoms with Gasteiger partial charge in [-0.15, -0.1) is 0 Å². The van der Waals surface area contributed by atoms with Crippen LogP contribution in [0.4, 0.5) is 0 Å². The van der Waals surface area contributed by atoms with Crippen molar-refractivity contribution in [3.8, 4) is 16.8 Å². The summed E-state index contributed by atoms with van der Waals surface area (Å²) in [6, 6.07) is 48.6. The number of allylic oxidation sites excluding steroid dienone is 3. The van der Waals surface area contributed by atoms with E-state index in [4.69, 9.17) is 0 Å². The van der Waals surface area contributed by atoms with Gasteiger partial charge in [0.2, 0.25) is 0 Å². The van der Waals surface area contributed by atoms with Crippen molar-refractivity contribution in [3.63, 3.8) is 0 Å². The zero-order chi connectivity index (χ0) is 26.5. The Morgan fingerprint density at radius 1 is 0.525 bits per heavy atom. The lowest BCUT2D eigenvalue weighted by atomic mass is 9.93. The Balaban J connectivity index is 1.28. The summed E-state index contributed by atoms with van der Waals surface area (Å²) in [5.74, 6) is 0. The molecule has 0 radical (unpaired) electrons. The van der Waals surface area contributed by atoms with E-state index < -0.39 is 0 Å². The minimum absolute atomic E-state index is 0.934. The summed E-state index contributed by atoms with van der Waals surface area (Å²) in [5.41, 5.74) is 11.5. The molecule has 0 unspecified atom stereocenters. The fourth-order valence-corrected chi connectivity index (χ4v) is 6.28. The van der Waals surface area contributed by atoms with E-state index >= 15 is 0 Å². The molecule has 6 aromatic carbocycles. The van der Waals surface area contributed by atoms with Crippen molar-refractivity contribution in [1.82, 2.24) is 4.57 Å². The quantitative estimate of drug-likeness (QED) is 0.223. The lowest BCUT2D eigenvalue weighted by Crippen LogP contribution is -1.94. The van der Waals surface area contributed by atoms with Gasteiger partial charge in [-0.05, 0) is 75.5 Å². The Labute approximate surface area is 234 Å². The lowest BCUT2D eigenvalue weighted by Gasteiger charge is -2.11. The van der Waals surface area contributed by atoms with E-state index in [2.05, 4.69) is 156 Å². The molecular formula is C39H27N. The molecule has 1 aliphatic carbocycles. The molecular weight excluding hydrogens is 482 g/mol. The highest BCUT2D eigenvalue weighted by Gasteiger charge is 2.16. The molecule has 7 aromatic rings. The molecule has 8 rings (SSSR count). The van der Waals surface area contributed by atoms with Gasteiger partial charge in [-0.1, -0.05) is 121 Å². The molecule has 40 heavy (non-hydrogen) atoms. The summed E-state index contributed by atoms with van der Waals surface area (Å²) in [6.45, 7) is 0. The van der Waals surface area contributed by atoms with Crippen molar-refractivity contribution in [2.45, 2.75) is 6.42 Å². The van der Waals surface area contributed by atoms with Crippen molar-refractivity contribution < 1.29 is 0 Å². The molecule has 188 valence electrons. The van der Waals surface area contributed by atoms with E-state index in [1.54, 1.807) is 0 Å². The van der Waals surface area contributed by atoms with Gasteiger partial charge in [-0.3, -0.25) is 0 Å². The van der Waals surface area contributed by atoms with Crippen LogP contribution in [0.5, 0.6) is 0 Å². The zero-order valence-corrected chi connectivity index (χ0v) is 22.1. The standard InChI is InChI=1S/C39H27N/c1-3-10-27(11-4-1)29-13-9-14-30-25-32(19-18-31(30)24-29)33-21-23-38-37(26-33)36-22-20-28-12-7-8-17-35(28)39(36)40(38)34-15-5-2-6-16-34/h1-23,25-26H,24H2. The molecule has 1 heterocycles. The van der Waals surface area contributed by atoms with Gasteiger partial charge in [0.1, 0.15) is 0 Å². The zero-order valence-electron chi connectivity index (χ0n) is 22.1. The summed E-state index contributed by atoms with van der Waals surface area (Å²) < 4.78 is 2.42. The number of fused-ring (bicyclic) bond motifs is 6. The molecule has 0 amide bonds. The number of rotatable bonds is 3. The third kappa shape index (κ3) is 3.71. The summed E-state index contributed by atoms with van der Waals surface area (Å²) >= 11 is 0. The third-order valence-corrected chi connectivity index (χ3v) is 8.24.